The number of aromatic nitrogens is 3. The Labute approximate surface area is 90.8 Å². The number of rotatable bonds is 2. The summed E-state index contributed by atoms with van der Waals surface area (Å²) >= 11 is 0. The summed E-state index contributed by atoms with van der Waals surface area (Å²) in [7, 11) is 0. The lowest BCUT2D eigenvalue weighted by Crippen LogP contribution is -1.98. The fourth-order valence-corrected chi connectivity index (χ4v) is 1.20. The first kappa shape index (κ1) is 10.0. The summed E-state index contributed by atoms with van der Waals surface area (Å²) in [5.41, 5.74) is 6.78. The van der Waals surface area contributed by atoms with Crippen molar-refractivity contribution in [1.82, 2.24) is 15.0 Å². The minimum Gasteiger partial charge on any atom is -0.478 e. The zero-order valence-corrected chi connectivity index (χ0v) is 8.16. The number of carboxylic acid groups (broad SMARTS) is 1. The van der Waals surface area contributed by atoms with Gasteiger partial charge in [0.15, 0.2) is 0 Å². The van der Waals surface area contributed by atoms with Crippen molar-refractivity contribution in [2.24, 2.45) is 0 Å². The molecule has 6 heteroatoms. The maximum absolute atomic E-state index is 10.7. The molecule has 3 N–H and O–H groups in total. The number of carboxylic acids is 1. The van der Waals surface area contributed by atoms with Crippen LogP contribution in [-0.2, 0) is 0 Å². The van der Waals surface area contributed by atoms with Crippen molar-refractivity contribution in [3.05, 3.63) is 36.4 Å². The minimum absolute atomic E-state index is 0.120. The number of pyridine rings is 1. The molecule has 80 valence electrons. The van der Waals surface area contributed by atoms with Crippen LogP contribution in [0.4, 0.5) is 5.95 Å². The van der Waals surface area contributed by atoms with Crippen LogP contribution in [0, 0.1) is 0 Å². The van der Waals surface area contributed by atoms with Gasteiger partial charge in [0.2, 0.25) is 5.95 Å². The molecule has 0 aromatic carbocycles. The molecule has 0 unspecified atom stereocenters. The fourth-order valence-electron chi connectivity index (χ4n) is 1.20. The second-order valence-electron chi connectivity index (χ2n) is 3.10. The lowest BCUT2D eigenvalue weighted by Gasteiger charge is -2.01. The van der Waals surface area contributed by atoms with Crippen LogP contribution >= 0.6 is 0 Å². The second kappa shape index (κ2) is 3.93. The molecule has 0 bridgehead atoms. The number of aromatic carboxylic acids is 1. The monoisotopic (exact) mass is 216 g/mol. The van der Waals surface area contributed by atoms with Crippen LogP contribution in [0.25, 0.3) is 11.1 Å². The average molecular weight is 216 g/mol. The fraction of sp³-hybridized carbons (Fsp3) is 0. The standard InChI is InChI=1S/C10H8N4O2/c11-10-13-4-8(5-14-10)6-1-7(9(15)16)3-12-2-6/h1-5H,(H,15,16)(H2,11,13,14). The molecule has 2 aromatic heterocycles. The van der Waals surface area contributed by atoms with Gasteiger partial charge >= 0.3 is 5.97 Å². The Morgan fingerprint density at radius 2 is 1.81 bits per heavy atom. The lowest BCUT2D eigenvalue weighted by molar-refractivity contribution is 0.0696. The Balaban J connectivity index is 2.44. The first-order valence-corrected chi connectivity index (χ1v) is 4.43. The number of nitrogen functional groups attached to an aromatic ring is 1. The molecular weight excluding hydrogens is 208 g/mol. The van der Waals surface area contributed by atoms with Crippen molar-refractivity contribution in [2.75, 3.05) is 5.73 Å². The van der Waals surface area contributed by atoms with Crippen LogP contribution in [0.2, 0.25) is 0 Å². The number of nitrogens with zero attached hydrogens (tertiary/aromatic N) is 3. The number of anilines is 1. The van der Waals surface area contributed by atoms with E-state index in [4.69, 9.17) is 10.8 Å². The highest BCUT2D eigenvalue weighted by Crippen LogP contribution is 2.17. The van der Waals surface area contributed by atoms with E-state index in [2.05, 4.69) is 15.0 Å². The van der Waals surface area contributed by atoms with Crippen molar-refractivity contribution in [2.45, 2.75) is 0 Å². The number of carbonyl (C=O) groups is 1. The molecule has 0 aliphatic heterocycles. The highest BCUT2D eigenvalue weighted by Gasteiger charge is 2.06. The van der Waals surface area contributed by atoms with Gasteiger partial charge in [-0.3, -0.25) is 4.98 Å². The third-order valence-corrected chi connectivity index (χ3v) is 1.99. The van der Waals surface area contributed by atoms with Crippen LogP contribution in [-0.4, -0.2) is 26.0 Å². The van der Waals surface area contributed by atoms with Crippen LogP contribution in [0.3, 0.4) is 0 Å². The summed E-state index contributed by atoms with van der Waals surface area (Å²) in [6.45, 7) is 0. The smallest absolute Gasteiger partial charge is 0.337 e. The molecular formula is C10H8N4O2. The van der Waals surface area contributed by atoms with Gasteiger partial charge in [-0.2, -0.15) is 0 Å². The number of hydrogen-bond donors (Lipinski definition) is 2. The molecule has 0 radical (unpaired) electrons. The normalized spacial score (nSPS) is 10.0. The van der Waals surface area contributed by atoms with Gasteiger partial charge in [-0.1, -0.05) is 0 Å². The molecule has 2 heterocycles. The van der Waals surface area contributed by atoms with Crippen molar-refractivity contribution in [3.8, 4) is 11.1 Å². The third-order valence-electron chi connectivity index (χ3n) is 1.99. The van der Waals surface area contributed by atoms with Crippen molar-refractivity contribution in [1.29, 1.82) is 0 Å². The summed E-state index contributed by atoms with van der Waals surface area (Å²) in [5, 5.41) is 8.81. The van der Waals surface area contributed by atoms with Gasteiger partial charge in [0.25, 0.3) is 0 Å². The van der Waals surface area contributed by atoms with E-state index in [0.717, 1.165) is 0 Å². The zero-order chi connectivity index (χ0) is 11.5. The van der Waals surface area contributed by atoms with E-state index < -0.39 is 5.97 Å². The molecule has 0 saturated heterocycles. The molecule has 0 saturated carbocycles. The molecule has 6 nitrogen and oxygen atoms in total. The van der Waals surface area contributed by atoms with E-state index >= 15 is 0 Å². The first-order valence-electron chi connectivity index (χ1n) is 4.43. The topological polar surface area (TPSA) is 102 Å². The Morgan fingerprint density at radius 3 is 2.44 bits per heavy atom. The first-order chi connectivity index (χ1) is 7.66. The van der Waals surface area contributed by atoms with E-state index in [1.54, 1.807) is 6.20 Å². The highest BCUT2D eigenvalue weighted by atomic mass is 16.4. The molecule has 2 rings (SSSR count). The van der Waals surface area contributed by atoms with E-state index in [-0.39, 0.29) is 11.5 Å². The minimum atomic E-state index is -1.02. The summed E-state index contributed by atoms with van der Waals surface area (Å²) < 4.78 is 0. The van der Waals surface area contributed by atoms with Crippen LogP contribution in [0.15, 0.2) is 30.9 Å². The van der Waals surface area contributed by atoms with E-state index in [1.807, 2.05) is 0 Å². The highest BCUT2D eigenvalue weighted by molar-refractivity contribution is 5.88. The summed E-state index contributed by atoms with van der Waals surface area (Å²) in [6.07, 6.45) is 5.86. The third kappa shape index (κ3) is 1.95. The molecule has 0 amide bonds. The molecule has 0 aliphatic rings. The molecule has 0 atom stereocenters. The predicted molar refractivity (Wildman–Crippen MR) is 56.6 cm³/mol. The van der Waals surface area contributed by atoms with E-state index in [9.17, 15) is 4.79 Å². The maximum atomic E-state index is 10.7. The number of nitrogens with two attached hydrogens (primary N) is 1. The van der Waals surface area contributed by atoms with Crippen LogP contribution in [0.1, 0.15) is 10.4 Å². The Morgan fingerprint density at radius 1 is 1.12 bits per heavy atom. The van der Waals surface area contributed by atoms with Crippen molar-refractivity contribution < 1.29 is 9.90 Å². The summed E-state index contributed by atoms with van der Waals surface area (Å²) in [5.74, 6) is -0.850. The van der Waals surface area contributed by atoms with E-state index in [1.165, 1.54) is 24.7 Å². The van der Waals surface area contributed by atoms with Gasteiger partial charge in [0.1, 0.15) is 0 Å². The predicted octanol–water partition coefficient (Wildman–Crippen LogP) is 0.819. The van der Waals surface area contributed by atoms with Gasteiger partial charge in [0, 0.05) is 35.9 Å². The van der Waals surface area contributed by atoms with Gasteiger partial charge in [-0.05, 0) is 6.07 Å². The van der Waals surface area contributed by atoms with Crippen molar-refractivity contribution >= 4 is 11.9 Å². The molecule has 0 aliphatic carbocycles. The SMILES string of the molecule is Nc1ncc(-c2cncc(C(=O)O)c2)cn1. The molecule has 16 heavy (non-hydrogen) atoms. The Kier molecular flexibility index (Phi) is 2.47. The van der Waals surface area contributed by atoms with E-state index in [0.29, 0.717) is 11.1 Å². The van der Waals surface area contributed by atoms with Gasteiger partial charge < -0.3 is 10.8 Å². The summed E-state index contributed by atoms with van der Waals surface area (Å²) in [6, 6.07) is 1.50. The maximum Gasteiger partial charge on any atom is 0.337 e. The van der Waals surface area contributed by atoms with Crippen LogP contribution in [0.5, 0.6) is 0 Å². The number of hydrogen-bond acceptors (Lipinski definition) is 5. The van der Waals surface area contributed by atoms with Crippen LogP contribution < -0.4 is 5.73 Å². The Bertz CT molecular complexity index is 525. The molecule has 0 spiro atoms. The zero-order valence-electron chi connectivity index (χ0n) is 8.16. The van der Waals surface area contributed by atoms with Gasteiger partial charge in [0.05, 0.1) is 5.56 Å². The molecule has 2 aromatic rings. The van der Waals surface area contributed by atoms with Gasteiger partial charge in [-0.15, -0.1) is 0 Å². The largest absolute Gasteiger partial charge is 0.478 e. The summed E-state index contributed by atoms with van der Waals surface area (Å²) in [4.78, 5) is 22.2. The second-order valence-corrected chi connectivity index (χ2v) is 3.10. The van der Waals surface area contributed by atoms with Gasteiger partial charge in [-0.25, -0.2) is 14.8 Å². The lowest BCUT2D eigenvalue weighted by atomic mass is 10.1. The van der Waals surface area contributed by atoms with Crippen molar-refractivity contribution in [3.63, 3.8) is 0 Å². The Hall–Kier alpha value is -2.50. The average Bonchev–Trinajstić information content (AvgIpc) is 2.30. The molecule has 0 fully saturated rings. The quantitative estimate of drug-likeness (QED) is 0.770.